The number of hydrogen-bond acceptors (Lipinski definition) is 5. The smallest absolute Gasteiger partial charge is 0.293 e. The zero-order chi connectivity index (χ0) is 18.8. The lowest BCUT2D eigenvalue weighted by molar-refractivity contribution is -0.384. The van der Waals surface area contributed by atoms with Gasteiger partial charge in [-0.25, -0.2) is 0 Å². The average molecular weight is 349 g/mol. The molecule has 2 atom stereocenters. The number of rotatable bonds is 5. The van der Waals surface area contributed by atoms with Gasteiger partial charge in [-0.05, 0) is 44.2 Å². The summed E-state index contributed by atoms with van der Waals surface area (Å²) in [6, 6.07) is 4.58. The van der Waals surface area contributed by atoms with Crippen molar-refractivity contribution < 1.29 is 14.8 Å². The predicted molar refractivity (Wildman–Crippen MR) is 96.9 cm³/mol. The molecule has 25 heavy (non-hydrogen) atoms. The van der Waals surface area contributed by atoms with Crippen LogP contribution in [0.4, 0.5) is 11.4 Å². The van der Waals surface area contributed by atoms with Crippen LogP contribution in [0.3, 0.4) is 0 Å². The minimum Gasteiger partial charge on any atom is -0.394 e. The first-order valence-electron chi connectivity index (χ1n) is 8.59. The van der Waals surface area contributed by atoms with Crippen molar-refractivity contribution in [2.24, 2.45) is 11.8 Å². The van der Waals surface area contributed by atoms with E-state index in [9.17, 15) is 20.0 Å². The number of nitrogens with zero attached hydrogens (tertiary/aromatic N) is 2. The van der Waals surface area contributed by atoms with Gasteiger partial charge in [0.2, 0.25) is 0 Å². The molecular formula is C18H27N3O4. The zero-order valence-corrected chi connectivity index (χ0v) is 15.3. The zero-order valence-electron chi connectivity index (χ0n) is 15.3. The van der Waals surface area contributed by atoms with Crippen molar-refractivity contribution >= 4 is 17.3 Å². The summed E-state index contributed by atoms with van der Waals surface area (Å²) in [5.74, 6) is 0.502. The Bertz CT molecular complexity index is 650. The van der Waals surface area contributed by atoms with Crippen LogP contribution in [0.1, 0.15) is 44.5 Å². The second-order valence-corrected chi connectivity index (χ2v) is 7.81. The number of benzene rings is 1. The minimum absolute atomic E-state index is 0.0595. The highest BCUT2D eigenvalue weighted by atomic mass is 16.6. The fraction of sp³-hybridized carbons (Fsp3) is 0.611. The molecule has 2 rings (SSSR count). The number of anilines is 1. The molecule has 0 aliphatic carbocycles. The third-order valence-electron chi connectivity index (χ3n) is 4.49. The summed E-state index contributed by atoms with van der Waals surface area (Å²) in [7, 11) is 0. The Morgan fingerprint density at radius 3 is 2.48 bits per heavy atom. The maximum Gasteiger partial charge on any atom is 0.293 e. The summed E-state index contributed by atoms with van der Waals surface area (Å²) in [5, 5.41) is 23.5. The quantitative estimate of drug-likeness (QED) is 0.629. The number of nitro benzene ring substituents is 1. The van der Waals surface area contributed by atoms with Crippen LogP contribution >= 0.6 is 0 Å². The van der Waals surface area contributed by atoms with E-state index in [-0.39, 0.29) is 17.9 Å². The normalized spacial score (nSPS) is 21.1. The molecule has 0 bridgehead atoms. The van der Waals surface area contributed by atoms with Gasteiger partial charge in [-0.1, -0.05) is 13.8 Å². The molecule has 138 valence electrons. The molecule has 1 amide bonds. The molecule has 2 unspecified atom stereocenters. The van der Waals surface area contributed by atoms with Crippen molar-refractivity contribution in [3.05, 3.63) is 33.9 Å². The Kier molecular flexibility index (Phi) is 5.67. The van der Waals surface area contributed by atoms with Crippen molar-refractivity contribution in [2.75, 3.05) is 24.6 Å². The fourth-order valence-corrected chi connectivity index (χ4v) is 3.36. The van der Waals surface area contributed by atoms with Gasteiger partial charge < -0.3 is 15.3 Å². The number of carbonyl (C=O) groups excluding carboxylic acids is 1. The maximum atomic E-state index is 12.3. The first kappa shape index (κ1) is 19.2. The highest BCUT2D eigenvalue weighted by Crippen LogP contribution is 2.33. The molecule has 1 aromatic rings. The lowest BCUT2D eigenvalue weighted by atomic mass is 9.91. The average Bonchev–Trinajstić information content (AvgIpc) is 2.52. The standard InChI is InChI=1S/C18H27N3O4/c1-12-7-13(2)10-20(9-12)15-6-5-14(8-16(15)21(24)25)17(23)19-18(3,4)11-22/h5-6,8,12-13,22H,7,9-11H2,1-4H3,(H,19,23). The van der Waals surface area contributed by atoms with E-state index < -0.39 is 16.4 Å². The van der Waals surface area contributed by atoms with E-state index in [0.717, 1.165) is 19.5 Å². The molecule has 7 nitrogen and oxygen atoms in total. The number of aliphatic hydroxyl groups excluding tert-OH is 1. The highest BCUT2D eigenvalue weighted by Gasteiger charge is 2.28. The summed E-state index contributed by atoms with van der Waals surface area (Å²) in [6.45, 7) is 8.99. The molecule has 1 aromatic carbocycles. The summed E-state index contributed by atoms with van der Waals surface area (Å²) < 4.78 is 0. The van der Waals surface area contributed by atoms with Gasteiger partial charge in [-0.2, -0.15) is 0 Å². The van der Waals surface area contributed by atoms with Crippen molar-refractivity contribution in [2.45, 2.75) is 39.7 Å². The molecule has 0 aromatic heterocycles. The minimum atomic E-state index is -0.789. The van der Waals surface area contributed by atoms with Gasteiger partial charge in [0.1, 0.15) is 5.69 Å². The Labute approximate surface area is 148 Å². The van der Waals surface area contributed by atoms with Gasteiger partial charge in [0, 0.05) is 24.7 Å². The second kappa shape index (κ2) is 7.39. The van der Waals surface area contributed by atoms with E-state index in [4.69, 9.17) is 0 Å². The Balaban J connectivity index is 2.32. The largest absolute Gasteiger partial charge is 0.394 e. The van der Waals surface area contributed by atoms with Crippen LogP contribution in [-0.4, -0.2) is 41.2 Å². The van der Waals surface area contributed by atoms with Crippen LogP contribution in [0.25, 0.3) is 0 Å². The maximum absolute atomic E-state index is 12.3. The third-order valence-corrected chi connectivity index (χ3v) is 4.49. The van der Waals surface area contributed by atoms with E-state index in [1.165, 1.54) is 6.07 Å². The molecule has 1 heterocycles. The Hall–Kier alpha value is -2.15. The molecule has 1 aliphatic heterocycles. The van der Waals surface area contributed by atoms with E-state index in [1.54, 1.807) is 26.0 Å². The van der Waals surface area contributed by atoms with Crippen LogP contribution in [0.2, 0.25) is 0 Å². The van der Waals surface area contributed by atoms with Crippen molar-refractivity contribution in [1.82, 2.24) is 5.32 Å². The third kappa shape index (κ3) is 4.69. The molecule has 2 N–H and O–H groups in total. The molecule has 0 radical (unpaired) electrons. The first-order chi connectivity index (χ1) is 11.6. The van der Waals surface area contributed by atoms with Crippen LogP contribution < -0.4 is 10.2 Å². The number of aliphatic hydroxyl groups is 1. The molecule has 1 fully saturated rings. The van der Waals surface area contributed by atoms with Gasteiger partial charge in [0.05, 0.1) is 17.1 Å². The first-order valence-corrected chi connectivity index (χ1v) is 8.59. The fourth-order valence-electron chi connectivity index (χ4n) is 3.36. The topological polar surface area (TPSA) is 95.7 Å². The Morgan fingerprint density at radius 2 is 1.96 bits per heavy atom. The van der Waals surface area contributed by atoms with Crippen LogP contribution in [0.15, 0.2) is 18.2 Å². The lowest BCUT2D eigenvalue weighted by Gasteiger charge is -2.36. The van der Waals surface area contributed by atoms with Gasteiger partial charge in [-0.3, -0.25) is 14.9 Å². The summed E-state index contributed by atoms with van der Waals surface area (Å²) in [6.07, 6.45) is 1.11. The summed E-state index contributed by atoms with van der Waals surface area (Å²) in [5.41, 5.74) is -0.0744. The number of piperidine rings is 1. The Morgan fingerprint density at radius 1 is 1.36 bits per heavy atom. The molecule has 0 spiro atoms. The van der Waals surface area contributed by atoms with Gasteiger partial charge >= 0.3 is 0 Å². The van der Waals surface area contributed by atoms with Crippen molar-refractivity contribution in [3.8, 4) is 0 Å². The number of hydrogen-bond donors (Lipinski definition) is 2. The van der Waals surface area contributed by atoms with E-state index in [1.807, 2.05) is 4.90 Å². The number of carbonyl (C=O) groups is 1. The second-order valence-electron chi connectivity index (χ2n) is 7.81. The molecule has 0 saturated carbocycles. The van der Waals surface area contributed by atoms with Gasteiger partial charge in [0.25, 0.3) is 11.6 Å². The van der Waals surface area contributed by atoms with Crippen molar-refractivity contribution in [1.29, 1.82) is 0 Å². The molecular weight excluding hydrogens is 322 g/mol. The predicted octanol–water partition coefficient (Wildman–Crippen LogP) is 2.58. The van der Waals surface area contributed by atoms with Gasteiger partial charge in [-0.15, -0.1) is 0 Å². The highest BCUT2D eigenvalue weighted by molar-refractivity contribution is 5.96. The van der Waals surface area contributed by atoms with Gasteiger partial charge in [0.15, 0.2) is 0 Å². The molecule has 7 heteroatoms. The van der Waals surface area contributed by atoms with Crippen LogP contribution in [0.5, 0.6) is 0 Å². The van der Waals surface area contributed by atoms with Crippen LogP contribution in [-0.2, 0) is 0 Å². The number of nitro groups is 1. The van der Waals surface area contributed by atoms with E-state index in [0.29, 0.717) is 17.5 Å². The summed E-state index contributed by atoms with van der Waals surface area (Å²) in [4.78, 5) is 25.5. The molecule has 1 saturated heterocycles. The number of amides is 1. The van der Waals surface area contributed by atoms with Crippen LogP contribution in [0, 0.1) is 22.0 Å². The summed E-state index contributed by atoms with van der Waals surface area (Å²) >= 11 is 0. The van der Waals surface area contributed by atoms with E-state index >= 15 is 0 Å². The lowest BCUT2D eigenvalue weighted by Crippen LogP contribution is -2.46. The monoisotopic (exact) mass is 349 g/mol. The number of nitrogens with one attached hydrogen (secondary N) is 1. The van der Waals surface area contributed by atoms with E-state index in [2.05, 4.69) is 19.2 Å². The SMILES string of the molecule is CC1CC(C)CN(c2ccc(C(=O)NC(C)(C)CO)cc2[N+](=O)[O-])C1. The molecule has 1 aliphatic rings. The van der Waals surface area contributed by atoms with Crippen molar-refractivity contribution in [3.63, 3.8) is 0 Å².